The van der Waals surface area contributed by atoms with Crippen LogP contribution in [0.1, 0.15) is 11.1 Å². The molecule has 0 aliphatic heterocycles. The highest BCUT2D eigenvalue weighted by atomic mass is 32.2. The summed E-state index contributed by atoms with van der Waals surface area (Å²) in [5.74, 6) is -0.871. The predicted molar refractivity (Wildman–Crippen MR) is 97.8 cm³/mol. The molecule has 2 aromatic rings. The van der Waals surface area contributed by atoms with Crippen molar-refractivity contribution in [3.63, 3.8) is 0 Å². The van der Waals surface area contributed by atoms with Crippen molar-refractivity contribution in [2.75, 3.05) is 11.9 Å². The number of anilines is 1. The molecular formula is C16H16F3N3O5S2. The second-order valence-electron chi connectivity index (χ2n) is 5.92. The molecule has 158 valence electrons. The molecule has 0 saturated heterocycles. The first-order valence-electron chi connectivity index (χ1n) is 7.80. The molecule has 0 saturated carbocycles. The smallest absolute Gasteiger partial charge is 0.325 e. The first kappa shape index (κ1) is 22.8. The maximum absolute atomic E-state index is 12.7. The first-order valence-corrected chi connectivity index (χ1v) is 10.8. The summed E-state index contributed by atoms with van der Waals surface area (Å²) < 4.78 is 87.3. The highest BCUT2D eigenvalue weighted by molar-refractivity contribution is 7.89. The van der Waals surface area contributed by atoms with Gasteiger partial charge in [-0.25, -0.2) is 26.7 Å². The van der Waals surface area contributed by atoms with Gasteiger partial charge in [0.2, 0.25) is 26.0 Å². The summed E-state index contributed by atoms with van der Waals surface area (Å²) in [5, 5.41) is 7.34. The molecule has 0 spiro atoms. The van der Waals surface area contributed by atoms with E-state index in [0.29, 0.717) is 17.7 Å². The third-order valence-corrected chi connectivity index (χ3v) is 6.12. The Balaban J connectivity index is 2.11. The quantitative estimate of drug-likeness (QED) is 0.613. The normalized spacial score (nSPS) is 12.6. The van der Waals surface area contributed by atoms with E-state index in [1.54, 1.807) is 0 Å². The number of aryl methyl sites for hydroxylation is 1. The zero-order valence-corrected chi connectivity index (χ0v) is 16.5. The van der Waals surface area contributed by atoms with Crippen LogP contribution in [0.25, 0.3) is 0 Å². The Morgan fingerprint density at radius 3 is 2.31 bits per heavy atom. The first-order chi connectivity index (χ1) is 13.2. The van der Waals surface area contributed by atoms with Gasteiger partial charge >= 0.3 is 6.18 Å². The van der Waals surface area contributed by atoms with Gasteiger partial charge in [0.25, 0.3) is 0 Å². The molecule has 0 unspecified atom stereocenters. The second-order valence-corrected chi connectivity index (χ2v) is 9.22. The maximum atomic E-state index is 12.7. The van der Waals surface area contributed by atoms with Crippen LogP contribution in [0.5, 0.6) is 0 Å². The number of alkyl halides is 3. The maximum Gasteiger partial charge on any atom is 0.416 e. The SMILES string of the molecule is Cc1ccc(NC(=O)CNS(=O)(=O)c2cccc(C(F)(F)F)c2)cc1S(N)(=O)=O. The van der Waals surface area contributed by atoms with E-state index < -0.39 is 49.1 Å². The molecule has 13 heteroatoms. The van der Waals surface area contributed by atoms with E-state index in [4.69, 9.17) is 5.14 Å². The minimum absolute atomic E-state index is 0.0443. The number of hydrogen-bond acceptors (Lipinski definition) is 5. The number of hydrogen-bond donors (Lipinski definition) is 3. The van der Waals surface area contributed by atoms with Crippen molar-refractivity contribution in [3.8, 4) is 0 Å². The van der Waals surface area contributed by atoms with Crippen molar-refractivity contribution < 1.29 is 34.8 Å². The molecule has 0 fully saturated rings. The molecule has 0 aliphatic carbocycles. The summed E-state index contributed by atoms with van der Waals surface area (Å²) in [5.41, 5.74) is -0.765. The molecule has 2 aromatic carbocycles. The van der Waals surface area contributed by atoms with Crippen LogP contribution in [-0.4, -0.2) is 29.3 Å². The molecule has 1 amide bonds. The molecule has 29 heavy (non-hydrogen) atoms. The molecule has 2 rings (SSSR count). The van der Waals surface area contributed by atoms with Crippen molar-refractivity contribution in [2.24, 2.45) is 5.14 Å². The largest absolute Gasteiger partial charge is 0.416 e. The zero-order valence-electron chi connectivity index (χ0n) is 14.8. The van der Waals surface area contributed by atoms with Gasteiger partial charge in [0, 0.05) is 5.69 Å². The summed E-state index contributed by atoms with van der Waals surface area (Å²) in [6.45, 7) is 0.700. The lowest BCUT2D eigenvalue weighted by atomic mass is 10.2. The highest BCUT2D eigenvalue weighted by Crippen LogP contribution is 2.30. The molecule has 0 aliphatic rings. The van der Waals surface area contributed by atoms with Crippen molar-refractivity contribution >= 4 is 31.6 Å². The molecule has 0 heterocycles. The zero-order chi connectivity index (χ0) is 22.0. The fourth-order valence-electron chi connectivity index (χ4n) is 2.27. The summed E-state index contributed by atoms with van der Waals surface area (Å²) in [6, 6.07) is 6.91. The molecule has 4 N–H and O–H groups in total. The van der Waals surface area contributed by atoms with Gasteiger partial charge in [-0.1, -0.05) is 12.1 Å². The Bertz CT molecular complexity index is 1150. The van der Waals surface area contributed by atoms with E-state index in [-0.39, 0.29) is 10.6 Å². The van der Waals surface area contributed by atoms with E-state index in [0.717, 1.165) is 18.2 Å². The Kier molecular flexibility index (Phi) is 6.37. The van der Waals surface area contributed by atoms with Crippen LogP contribution in [0.15, 0.2) is 52.3 Å². The Labute approximate surface area is 165 Å². The molecule has 0 bridgehead atoms. The van der Waals surface area contributed by atoms with Gasteiger partial charge in [-0.15, -0.1) is 0 Å². The van der Waals surface area contributed by atoms with Crippen LogP contribution in [0.3, 0.4) is 0 Å². The number of benzene rings is 2. The number of carbonyl (C=O) groups is 1. The lowest BCUT2D eigenvalue weighted by Crippen LogP contribution is -2.33. The average molecular weight is 451 g/mol. The van der Waals surface area contributed by atoms with E-state index in [1.807, 2.05) is 4.72 Å². The lowest BCUT2D eigenvalue weighted by Gasteiger charge is -2.11. The monoisotopic (exact) mass is 451 g/mol. The van der Waals surface area contributed by atoms with Crippen molar-refractivity contribution in [1.82, 2.24) is 4.72 Å². The fraction of sp³-hybridized carbons (Fsp3) is 0.188. The van der Waals surface area contributed by atoms with Gasteiger partial charge in [0.15, 0.2) is 0 Å². The van der Waals surface area contributed by atoms with Crippen molar-refractivity contribution in [1.29, 1.82) is 0 Å². The number of nitrogens with one attached hydrogen (secondary N) is 2. The summed E-state index contributed by atoms with van der Waals surface area (Å²) in [7, 11) is -8.43. The van der Waals surface area contributed by atoms with Gasteiger partial charge in [-0.05, 0) is 42.8 Å². The van der Waals surface area contributed by atoms with Gasteiger partial charge in [0.1, 0.15) is 0 Å². The second kappa shape index (κ2) is 8.10. The van der Waals surface area contributed by atoms with Gasteiger partial charge in [0.05, 0.1) is 21.9 Å². The van der Waals surface area contributed by atoms with E-state index in [1.165, 1.54) is 19.1 Å². The van der Waals surface area contributed by atoms with Gasteiger partial charge in [-0.3, -0.25) is 4.79 Å². The average Bonchev–Trinajstić information content (AvgIpc) is 2.60. The number of carbonyl (C=O) groups excluding carboxylic acids is 1. The van der Waals surface area contributed by atoms with Crippen LogP contribution in [0, 0.1) is 6.92 Å². The summed E-state index contributed by atoms with van der Waals surface area (Å²) >= 11 is 0. The van der Waals surface area contributed by atoms with Crippen molar-refractivity contribution in [3.05, 3.63) is 53.6 Å². The minimum Gasteiger partial charge on any atom is -0.325 e. The van der Waals surface area contributed by atoms with Crippen LogP contribution in [0.2, 0.25) is 0 Å². The van der Waals surface area contributed by atoms with Crippen molar-refractivity contribution in [2.45, 2.75) is 22.9 Å². The van der Waals surface area contributed by atoms with Crippen LogP contribution in [0.4, 0.5) is 18.9 Å². The number of nitrogens with two attached hydrogens (primary N) is 1. The highest BCUT2D eigenvalue weighted by Gasteiger charge is 2.31. The fourth-order valence-corrected chi connectivity index (χ4v) is 4.11. The van der Waals surface area contributed by atoms with Crippen LogP contribution < -0.4 is 15.2 Å². The Hall–Kier alpha value is -2.48. The molecular weight excluding hydrogens is 435 g/mol. The van der Waals surface area contributed by atoms with Gasteiger partial charge in [-0.2, -0.15) is 13.2 Å². The predicted octanol–water partition coefficient (Wildman–Crippen LogP) is 1.58. The third-order valence-electron chi connectivity index (χ3n) is 3.67. The van der Waals surface area contributed by atoms with E-state index in [9.17, 15) is 34.8 Å². The Morgan fingerprint density at radius 2 is 1.72 bits per heavy atom. The third kappa shape index (κ3) is 6.00. The van der Waals surface area contributed by atoms with E-state index >= 15 is 0 Å². The van der Waals surface area contributed by atoms with Gasteiger partial charge < -0.3 is 5.32 Å². The molecule has 0 aromatic heterocycles. The number of amides is 1. The standard InChI is InChI=1S/C16H16F3N3O5S2/c1-10-5-6-12(8-14(10)28(20,24)25)22-15(23)9-21-29(26,27)13-4-2-3-11(7-13)16(17,18)19/h2-8,21H,9H2,1H3,(H,22,23)(H2,20,24,25). The van der Waals surface area contributed by atoms with Crippen LogP contribution in [-0.2, 0) is 31.0 Å². The number of sulfonamides is 2. The number of halogens is 3. The van der Waals surface area contributed by atoms with E-state index in [2.05, 4.69) is 5.32 Å². The summed E-state index contributed by atoms with van der Waals surface area (Å²) in [4.78, 5) is 11.1. The molecule has 8 nitrogen and oxygen atoms in total. The van der Waals surface area contributed by atoms with Crippen LogP contribution >= 0.6 is 0 Å². The minimum atomic E-state index is -4.73. The number of rotatable bonds is 6. The summed E-state index contributed by atoms with van der Waals surface area (Å²) in [6.07, 6.45) is -4.73. The number of primary sulfonamides is 1. The lowest BCUT2D eigenvalue weighted by molar-refractivity contribution is -0.137. The topological polar surface area (TPSA) is 135 Å². The Morgan fingerprint density at radius 1 is 1.07 bits per heavy atom. The molecule has 0 radical (unpaired) electrons. The molecule has 0 atom stereocenters.